The molecule has 27 heavy (non-hydrogen) atoms. The molecule has 7 heteroatoms. The number of Topliss-reactive ketones (excluding diaryl/α,β-unsaturated/α-hetero) is 1. The third-order valence-electron chi connectivity index (χ3n) is 5.11. The molecule has 1 saturated heterocycles. The van der Waals surface area contributed by atoms with Gasteiger partial charge in [-0.25, -0.2) is 4.79 Å². The number of nitrogens with zero attached hydrogens (tertiary/aromatic N) is 1. The zero-order chi connectivity index (χ0) is 19.0. The third-order valence-corrected chi connectivity index (χ3v) is 5.35. The van der Waals surface area contributed by atoms with Crippen molar-refractivity contribution in [3.63, 3.8) is 0 Å². The molecular formula is C20H19ClN2O4. The van der Waals surface area contributed by atoms with Crippen LogP contribution in [0.25, 0.3) is 0 Å². The van der Waals surface area contributed by atoms with Crippen molar-refractivity contribution in [2.75, 3.05) is 18.4 Å². The number of halogens is 1. The van der Waals surface area contributed by atoms with Crippen LogP contribution in [0, 0.1) is 0 Å². The van der Waals surface area contributed by atoms with Gasteiger partial charge in [0.1, 0.15) is 17.1 Å². The Bertz CT molecular complexity index is 907. The van der Waals surface area contributed by atoms with Crippen molar-refractivity contribution in [2.45, 2.75) is 24.9 Å². The van der Waals surface area contributed by atoms with E-state index in [-0.39, 0.29) is 24.0 Å². The molecule has 2 N–H and O–H groups in total. The van der Waals surface area contributed by atoms with Crippen LogP contribution in [0.1, 0.15) is 29.6 Å². The lowest BCUT2D eigenvalue weighted by atomic mass is 9.82. The zero-order valence-corrected chi connectivity index (χ0v) is 15.3. The highest BCUT2D eigenvalue weighted by atomic mass is 35.5. The second-order valence-corrected chi connectivity index (χ2v) is 7.43. The molecule has 4 rings (SSSR count). The van der Waals surface area contributed by atoms with E-state index in [4.69, 9.17) is 16.3 Å². The van der Waals surface area contributed by atoms with Crippen molar-refractivity contribution < 1.29 is 19.4 Å². The molecule has 0 bridgehead atoms. The first-order chi connectivity index (χ1) is 12.9. The van der Waals surface area contributed by atoms with Gasteiger partial charge in [-0.1, -0.05) is 17.7 Å². The number of phenolic OH excluding ortho intramolecular Hbond substituents is 1. The highest BCUT2D eigenvalue weighted by Gasteiger charge is 2.43. The van der Waals surface area contributed by atoms with Crippen molar-refractivity contribution in [1.29, 1.82) is 0 Å². The Hall–Kier alpha value is -2.73. The highest BCUT2D eigenvalue weighted by molar-refractivity contribution is 6.30. The fraction of sp³-hybridized carbons (Fsp3) is 0.300. The van der Waals surface area contributed by atoms with Crippen LogP contribution < -0.4 is 10.1 Å². The number of piperidine rings is 1. The predicted molar refractivity (Wildman–Crippen MR) is 102 cm³/mol. The van der Waals surface area contributed by atoms with E-state index < -0.39 is 5.60 Å². The largest absolute Gasteiger partial charge is 0.508 e. The molecule has 2 amide bonds. The number of ketones is 1. The van der Waals surface area contributed by atoms with E-state index >= 15 is 0 Å². The molecule has 2 aliphatic rings. The average Bonchev–Trinajstić information content (AvgIpc) is 2.61. The molecule has 2 aromatic rings. The van der Waals surface area contributed by atoms with Gasteiger partial charge in [0.15, 0.2) is 5.78 Å². The highest BCUT2D eigenvalue weighted by Crippen LogP contribution is 2.40. The van der Waals surface area contributed by atoms with E-state index in [1.165, 1.54) is 12.1 Å². The fourth-order valence-corrected chi connectivity index (χ4v) is 3.84. The molecular weight excluding hydrogens is 368 g/mol. The number of benzene rings is 2. The summed E-state index contributed by atoms with van der Waals surface area (Å²) < 4.78 is 6.12. The van der Waals surface area contributed by atoms with E-state index in [9.17, 15) is 14.7 Å². The van der Waals surface area contributed by atoms with Crippen LogP contribution in [0.2, 0.25) is 5.02 Å². The van der Waals surface area contributed by atoms with Crippen molar-refractivity contribution in [3.05, 3.63) is 53.1 Å². The van der Waals surface area contributed by atoms with Crippen LogP contribution >= 0.6 is 11.6 Å². The van der Waals surface area contributed by atoms with Gasteiger partial charge in [0.05, 0.1) is 12.0 Å². The number of fused-ring (bicyclic) bond motifs is 1. The van der Waals surface area contributed by atoms with Crippen LogP contribution in [-0.2, 0) is 0 Å². The van der Waals surface area contributed by atoms with Gasteiger partial charge in [-0.05, 0) is 30.3 Å². The van der Waals surface area contributed by atoms with Gasteiger partial charge in [0.25, 0.3) is 0 Å². The Morgan fingerprint density at radius 3 is 2.70 bits per heavy atom. The Morgan fingerprint density at radius 1 is 1.19 bits per heavy atom. The minimum absolute atomic E-state index is 0.00748. The lowest BCUT2D eigenvalue weighted by molar-refractivity contribution is 0.000279. The number of ether oxygens (including phenoxy) is 1. The summed E-state index contributed by atoms with van der Waals surface area (Å²) in [5, 5.41) is 13.1. The number of amides is 2. The number of likely N-dealkylation sites (tertiary alicyclic amines) is 1. The Balaban J connectivity index is 1.43. The van der Waals surface area contributed by atoms with E-state index in [0.717, 1.165) is 0 Å². The van der Waals surface area contributed by atoms with E-state index in [1.807, 2.05) is 0 Å². The topological polar surface area (TPSA) is 78.9 Å². The third kappa shape index (κ3) is 3.57. The molecule has 0 aromatic heterocycles. The van der Waals surface area contributed by atoms with Crippen LogP contribution in [0.4, 0.5) is 10.5 Å². The van der Waals surface area contributed by atoms with Crippen molar-refractivity contribution in [2.24, 2.45) is 0 Å². The monoisotopic (exact) mass is 386 g/mol. The first-order valence-electron chi connectivity index (χ1n) is 8.81. The molecule has 6 nitrogen and oxygen atoms in total. The summed E-state index contributed by atoms with van der Waals surface area (Å²) in [5.74, 6) is 0.494. The molecule has 2 heterocycles. The predicted octanol–water partition coefficient (Wildman–Crippen LogP) is 4.08. The number of rotatable bonds is 1. The molecule has 0 atom stereocenters. The van der Waals surface area contributed by atoms with E-state index in [2.05, 4.69) is 5.32 Å². The van der Waals surface area contributed by atoms with Gasteiger partial charge < -0.3 is 20.1 Å². The van der Waals surface area contributed by atoms with Crippen LogP contribution in [0.15, 0.2) is 42.5 Å². The number of hydrogen-bond acceptors (Lipinski definition) is 4. The van der Waals surface area contributed by atoms with Crippen molar-refractivity contribution in [3.8, 4) is 11.5 Å². The summed E-state index contributed by atoms with van der Waals surface area (Å²) >= 11 is 5.95. The molecule has 2 aromatic carbocycles. The molecule has 2 aliphatic heterocycles. The quantitative estimate of drug-likeness (QED) is 0.774. The van der Waals surface area contributed by atoms with Gasteiger partial charge in [-0.2, -0.15) is 0 Å². The molecule has 0 unspecified atom stereocenters. The second kappa shape index (κ2) is 6.78. The van der Waals surface area contributed by atoms with Crippen LogP contribution in [-0.4, -0.2) is 40.5 Å². The number of urea groups is 1. The van der Waals surface area contributed by atoms with Crippen LogP contribution in [0.3, 0.4) is 0 Å². The number of nitrogens with one attached hydrogen (secondary N) is 1. The summed E-state index contributed by atoms with van der Waals surface area (Å²) in [6, 6.07) is 11.3. The average molecular weight is 387 g/mol. The summed E-state index contributed by atoms with van der Waals surface area (Å²) in [6.45, 7) is 0.960. The zero-order valence-electron chi connectivity index (χ0n) is 14.6. The number of carbonyl (C=O) groups is 2. The Kier molecular flexibility index (Phi) is 4.44. The summed E-state index contributed by atoms with van der Waals surface area (Å²) in [6.07, 6.45) is 1.39. The number of aromatic hydroxyl groups is 1. The van der Waals surface area contributed by atoms with E-state index in [0.29, 0.717) is 48.0 Å². The Morgan fingerprint density at radius 2 is 1.96 bits per heavy atom. The number of phenols is 1. The SMILES string of the molecule is O=C1CC2(CCN(C(=O)Nc3cccc(Cl)c3)CC2)Oc2cc(O)ccc21. The lowest BCUT2D eigenvalue weighted by Crippen LogP contribution is -2.53. The second-order valence-electron chi connectivity index (χ2n) is 6.99. The van der Waals surface area contributed by atoms with Gasteiger partial charge in [-0.15, -0.1) is 0 Å². The molecule has 0 saturated carbocycles. The van der Waals surface area contributed by atoms with Gasteiger partial charge >= 0.3 is 6.03 Å². The van der Waals surface area contributed by atoms with Crippen LogP contribution in [0.5, 0.6) is 11.5 Å². The maximum absolute atomic E-state index is 12.5. The molecule has 1 spiro atoms. The van der Waals surface area contributed by atoms with Gasteiger partial charge in [-0.3, -0.25) is 4.79 Å². The summed E-state index contributed by atoms with van der Waals surface area (Å²) in [4.78, 5) is 26.7. The summed E-state index contributed by atoms with van der Waals surface area (Å²) in [5.41, 5.74) is 0.519. The smallest absolute Gasteiger partial charge is 0.321 e. The number of carbonyl (C=O) groups excluding carboxylic acids is 2. The van der Waals surface area contributed by atoms with Gasteiger partial charge in [0.2, 0.25) is 0 Å². The standard InChI is InChI=1S/C20H19ClN2O4/c21-13-2-1-3-14(10-13)22-19(26)23-8-6-20(7-9-23)12-17(25)16-5-4-15(24)11-18(16)27-20/h1-5,10-11,24H,6-9,12H2,(H,22,26). The minimum Gasteiger partial charge on any atom is -0.508 e. The van der Waals surface area contributed by atoms with Crippen molar-refractivity contribution in [1.82, 2.24) is 4.90 Å². The first-order valence-corrected chi connectivity index (χ1v) is 9.19. The van der Waals surface area contributed by atoms with Crippen molar-refractivity contribution >= 4 is 29.1 Å². The Labute approximate surface area is 161 Å². The minimum atomic E-state index is -0.620. The first kappa shape index (κ1) is 17.7. The van der Waals surface area contributed by atoms with E-state index in [1.54, 1.807) is 35.2 Å². The lowest BCUT2D eigenvalue weighted by Gasteiger charge is -2.43. The molecule has 0 aliphatic carbocycles. The molecule has 1 fully saturated rings. The summed E-state index contributed by atoms with van der Waals surface area (Å²) in [7, 11) is 0. The maximum Gasteiger partial charge on any atom is 0.321 e. The maximum atomic E-state index is 12.5. The number of anilines is 1. The fourth-order valence-electron chi connectivity index (χ4n) is 3.65. The number of hydrogen-bond donors (Lipinski definition) is 2. The van der Waals surface area contributed by atoms with Gasteiger partial charge in [0, 0.05) is 42.7 Å². The normalized spacial score (nSPS) is 18.0. The molecule has 140 valence electrons. The molecule has 0 radical (unpaired) electrons.